The van der Waals surface area contributed by atoms with Gasteiger partial charge in [0.15, 0.2) is 11.5 Å². The summed E-state index contributed by atoms with van der Waals surface area (Å²) in [5, 5.41) is 0. The van der Waals surface area contributed by atoms with Crippen LogP contribution in [0.4, 0.5) is 0 Å². The van der Waals surface area contributed by atoms with Crippen molar-refractivity contribution in [3.05, 3.63) is 18.2 Å². The lowest BCUT2D eigenvalue weighted by molar-refractivity contribution is 0.171. The Bertz CT molecular complexity index is 719. The van der Waals surface area contributed by atoms with Gasteiger partial charge in [-0.1, -0.05) is 0 Å². The molecule has 0 bridgehead atoms. The van der Waals surface area contributed by atoms with Crippen molar-refractivity contribution in [3.63, 3.8) is 0 Å². The van der Waals surface area contributed by atoms with Crippen molar-refractivity contribution in [1.82, 2.24) is 9.21 Å². The van der Waals surface area contributed by atoms with Gasteiger partial charge in [0.05, 0.1) is 4.90 Å². The molecule has 3 aliphatic rings. The Morgan fingerprint density at radius 2 is 1.88 bits per heavy atom. The molecule has 0 aliphatic carbocycles. The molecule has 6 nitrogen and oxygen atoms in total. The van der Waals surface area contributed by atoms with E-state index >= 15 is 0 Å². The fourth-order valence-electron chi connectivity index (χ4n) is 3.66. The van der Waals surface area contributed by atoms with Gasteiger partial charge in [0.1, 0.15) is 13.2 Å². The van der Waals surface area contributed by atoms with Crippen LogP contribution in [0.15, 0.2) is 23.1 Å². The third kappa shape index (κ3) is 3.63. The van der Waals surface area contributed by atoms with Crippen LogP contribution >= 0.6 is 11.8 Å². The van der Waals surface area contributed by atoms with Crippen LogP contribution in [0, 0.1) is 0 Å². The molecule has 0 spiro atoms. The van der Waals surface area contributed by atoms with E-state index in [4.69, 9.17) is 9.47 Å². The molecule has 25 heavy (non-hydrogen) atoms. The summed E-state index contributed by atoms with van der Waals surface area (Å²) in [6.45, 7) is 3.88. The van der Waals surface area contributed by atoms with Crippen molar-refractivity contribution >= 4 is 21.8 Å². The zero-order valence-corrected chi connectivity index (χ0v) is 15.9. The number of fused-ring (bicyclic) bond motifs is 1. The Balaban J connectivity index is 1.50. The third-order valence-corrected chi connectivity index (χ3v) is 8.10. The largest absolute Gasteiger partial charge is 0.486 e. The SMILES string of the molecule is O=S(=O)(c1ccc2c(c1)OCCO2)N1CCCN(C2CCSC2)CC1. The first-order chi connectivity index (χ1) is 12.1. The van der Waals surface area contributed by atoms with Crippen LogP contribution in [0.1, 0.15) is 12.8 Å². The van der Waals surface area contributed by atoms with Crippen molar-refractivity contribution in [3.8, 4) is 11.5 Å². The van der Waals surface area contributed by atoms with E-state index in [-0.39, 0.29) is 0 Å². The lowest BCUT2D eigenvalue weighted by atomic mass is 10.2. The number of sulfonamides is 1. The van der Waals surface area contributed by atoms with E-state index < -0.39 is 10.0 Å². The Morgan fingerprint density at radius 3 is 2.68 bits per heavy atom. The van der Waals surface area contributed by atoms with Crippen LogP contribution in [0.3, 0.4) is 0 Å². The molecule has 0 saturated carbocycles. The number of nitrogens with zero attached hydrogens (tertiary/aromatic N) is 2. The molecule has 0 amide bonds. The minimum atomic E-state index is -3.50. The van der Waals surface area contributed by atoms with E-state index in [2.05, 4.69) is 4.90 Å². The van der Waals surface area contributed by atoms with E-state index in [1.165, 1.54) is 17.9 Å². The van der Waals surface area contributed by atoms with Crippen molar-refractivity contribution in [2.75, 3.05) is 50.9 Å². The van der Waals surface area contributed by atoms with Gasteiger partial charge in [-0.15, -0.1) is 0 Å². The predicted octanol–water partition coefficient (Wildman–Crippen LogP) is 1.66. The molecule has 1 aromatic rings. The maximum atomic E-state index is 13.1. The van der Waals surface area contributed by atoms with Gasteiger partial charge in [-0.3, -0.25) is 4.90 Å². The molecule has 3 aliphatic heterocycles. The fourth-order valence-corrected chi connectivity index (χ4v) is 6.40. The minimum Gasteiger partial charge on any atom is -0.486 e. The normalized spacial score (nSPS) is 25.7. The van der Waals surface area contributed by atoms with Gasteiger partial charge in [-0.05, 0) is 37.3 Å². The zero-order valence-electron chi connectivity index (χ0n) is 14.2. The summed E-state index contributed by atoms with van der Waals surface area (Å²) < 4.78 is 38.8. The molecule has 1 aromatic carbocycles. The Morgan fingerprint density at radius 1 is 1.04 bits per heavy atom. The van der Waals surface area contributed by atoms with E-state index in [0.717, 1.165) is 19.5 Å². The highest BCUT2D eigenvalue weighted by Gasteiger charge is 2.31. The number of ether oxygens (including phenoxy) is 2. The maximum Gasteiger partial charge on any atom is 0.243 e. The molecular weight excluding hydrogens is 360 g/mol. The van der Waals surface area contributed by atoms with Crippen LogP contribution in [0.25, 0.3) is 0 Å². The summed E-state index contributed by atoms with van der Waals surface area (Å²) >= 11 is 2.00. The van der Waals surface area contributed by atoms with Gasteiger partial charge in [0.2, 0.25) is 10.0 Å². The highest BCUT2D eigenvalue weighted by Crippen LogP contribution is 2.33. The number of benzene rings is 1. The molecule has 2 saturated heterocycles. The van der Waals surface area contributed by atoms with Gasteiger partial charge in [0.25, 0.3) is 0 Å². The molecule has 0 aromatic heterocycles. The van der Waals surface area contributed by atoms with Crippen LogP contribution in [-0.2, 0) is 10.0 Å². The lowest BCUT2D eigenvalue weighted by Gasteiger charge is -2.26. The molecule has 1 unspecified atom stereocenters. The van der Waals surface area contributed by atoms with E-state index in [0.29, 0.717) is 48.7 Å². The molecule has 0 radical (unpaired) electrons. The quantitative estimate of drug-likeness (QED) is 0.790. The van der Waals surface area contributed by atoms with Crippen molar-refractivity contribution in [2.45, 2.75) is 23.8 Å². The molecule has 2 fully saturated rings. The standard InChI is InChI=1S/C17H24N2O4S2/c20-25(21,15-2-3-16-17(12-15)23-10-9-22-16)19-6-1-5-18(7-8-19)14-4-11-24-13-14/h2-3,12,14H,1,4-11,13H2. The molecule has 8 heteroatoms. The van der Waals surface area contributed by atoms with Gasteiger partial charge in [-0.25, -0.2) is 8.42 Å². The summed E-state index contributed by atoms with van der Waals surface area (Å²) in [5.74, 6) is 3.53. The van der Waals surface area contributed by atoms with E-state index in [1.54, 1.807) is 22.5 Å². The number of rotatable bonds is 3. The van der Waals surface area contributed by atoms with Crippen molar-refractivity contribution in [2.24, 2.45) is 0 Å². The predicted molar refractivity (Wildman–Crippen MR) is 98.1 cm³/mol. The molecule has 3 heterocycles. The molecule has 1 atom stereocenters. The highest BCUT2D eigenvalue weighted by molar-refractivity contribution is 7.99. The van der Waals surface area contributed by atoms with Gasteiger partial charge >= 0.3 is 0 Å². The lowest BCUT2D eigenvalue weighted by Crippen LogP contribution is -2.39. The summed E-state index contributed by atoms with van der Waals surface area (Å²) in [7, 11) is -3.50. The maximum absolute atomic E-state index is 13.1. The Hall–Kier alpha value is -0.960. The van der Waals surface area contributed by atoms with E-state index in [9.17, 15) is 8.42 Å². The summed E-state index contributed by atoms with van der Waals surface area (Å²) in [5.41, 5.74) is 0. The summed E-state index contributed by atoms with van der Waals surface area (Å²) in [4.78, 5) is 2.76. The number of hydrogen-bond acceptors (Lipinski definition) is 6. The Labute approximate surface area is 153 Å². The second kappa shape index (κ2) is 7.34. The first kappa shape index (κ1) is 17.5. The minimum absolute atomic E-state index is 0.293. The van der Waals surface area contributed by atoms with Crippen molar-refractivity contribution in [1.29, 1.82) is 0 Å². The van der Waals surface area contributed by atoms with E-state index in [1.807, 2.05) is 11.8 Å². The van der Waals surface area contributed by atoms with Gasteiger partial charge < -0.3 is 9.47 Å². The number of thioether (sulfide) groups is 1. The second-order valence-electron chi connectivity index (χ2n) is 6.62. The second-order valence-corrected chi connectivity index (χ2v) is 9.70. The average Bonchev–Trinajstić information content (AvgIpc) is 3.05. The molecule has 138 valence electrons. The van der Waals surface area contributed by atoms with Gasteiger partial charge in [-0.2, -0.15) is 16.1 Å². The zero-order chi connectivity index (χ0) is 17.3. The Kier molecular flexibility index (Phi) is 5.13. The first-order valence-corrected chi connectivity index (χ1v) is 11.5. The number of hydrogen-bond donors (Lipinski definition) is 0. The average molecular weight is 385 g/mol. The topological polar surface area (TPSA) is 59.1 Å². The molecule has 4 rings (SSSR count). The van der Waals surface area contributed by atoms with Crippen LogP contribution < -0.4 is 9.47 Å². The van der Waals surface area contributed by atoms with Crippen LogP contribution in [-0.4, -0.2) is 74.6 Å². The van der Waals surface area contributed by atoms with Crippen LogP contribution in [0.5, 0.6) is 11.5 Å². The summed E-state index contributed by atoms with van der Waals surface area (Å²) in [6.07, 6.45) is 2.10. The fraction of sp³-hybridized carbons (Fsp3) is 0.647. The smallest absolute Gasteiger partial charge is 0.243 e. The summed E-state index contributed by atoms with van der Waals surface area (Å²) in [6, 6.07) is 5.53. The molecule has 0 N–H and O–H groups in total. The monoisotopic (exact) mass is 384 g/mol. The van der Waals surface area contributed by atoms with Crippen LogP contribution in [0.2, 0.25) is 0 Å². The van der Waals surface area contributed by atoms with Gasteiger partial charge in [0, 0.05) is 37.5 Å². The highest BCUT2D eigenvalue weighted by atomic mass is 32.2. The van der Waals surface area contributed by atoms with Crippen molar-refractivity contribution < 1.29 is 17.9 Å². The third-order valence-electron chi connectivity index (χ3n) is 5.06. The first-order valence-electron chi connectivity index (χ1n) is 8.86. The molecular formula is C17H24N2O4S2.